The van der Waals surface area contributed by atoms with E-state index in [1.165, 1.54) is 12.4 Å². The predicted octanol–water partition coefficient (Wildman–Crippen LogP) is 1.51. The Morgan fingerprint density at radius 3 is 2.75 bits per heavy atom. The van der Waals surface area contributed by atoms with E-state index in [-0.39, 0.29) is 0 Å². The van der Waals surface area contributed by atoms with E-state index < -0.39 is 0 Å². The van der Waals surface area contributed by atoms with E-state index in [1.807, 2.05) is 29.6 Å². The lowest BCUT2D eigenvalue weighted by Crippen LogP contribution is -2.37. The maximum Gasteiger partial charge on any atom is 0.212 e. The molecule has 0 radical (unpaired) electrons. The maximum atomic E-state index is 11.0. The third-order valence-corrected chi connectivity index (χ3v) is 5.66. The summed E-state index contributed by atoms with van der Waals surface area (Å²) < 4.78 is 12.7. The fourth-order valence-corrected chi connectivity index (χ4v) is 3.77. The minimum absolute atomic E-state index is 0.354. The number of rotatable bonds is 10. The van der Waals surface area contributed by atoms with Crippen LogP contribution in [0.1, 0.15) is 5.82 Å². The predicted molar refractivity (Wildman–Crippen MR) is 138 cm³/mol. The highest BCUT2D eigenvalue weighted by atomic mass is 16.5. The van der Waals surface area contributed by atoms with Gasteiger partial charge in [0.2, 0.25) is 5.88 Å². The van der Waals surface area contributed by atoms with E-state index in [9.17, 15) is 4.79 Å². The topological polar surface area (TPSA) is 123 Å². The van der Waals surface area contributed by atoms with E-state index in [0.717, 1.165) is 41.5 Å². The number of imidazole rings is 1. The molecule has 0 aromatic carbocycles. The third-order valence-electron chi connectivity index (χ3n) is 5.66. The molecule has 0 amide bonds. The number of aliphatic imine (C=N–C) groups is 2. The lowest BCUT2D eigenvalue weighted by atomic mass is 10.2. The average molecular weight is 492 g/mol. The van der Waals surface area contributed by atoms with Crippen molar-refractivity contribution in [1.82, 2.24) is 29.4 Å². The van der Waals surface area contributed by atoms with Crippen LogP contribution in [0.15, 0.2) is 40.1 Å². The smallest absolute Gasteiger partial charge is 0.212 e. The molecule has 36 heavy (non-hydrogen) atoms. The normalized spacial score (nSPS) is 14.7. The summed E-state index contributed by atoms with van der Waals surface area (Å²) in [5.41, 5.74) is 2.61. The van der Waals surface area contributed by atoms with Crippen LogP contribution in [0.3, 0.4) is 0 Å². The fraction of sp³-hybridized carbons (Fsp3) is 0.375. The second kappa shape index (κ2) is 11.6. The van der Waals surface area contributed by atoms with Crippen molar-refractivity contribution in [3.8, 4) is 17.3 Å². The van der Waals surface area contributed by atoms with Gasteiger partial charge in [0.05, 0.1) is 39.1 Å². The molecular formula is C24H29N9O3. The molecule has 0 aliphatic carbocycles. The Kier molecular flexibility index (Phi) is 8.08. The second-order valence-electron chi connectivity index (χ2n) is 8.22. The number of methoxy groups -OCH3 is 1. The highest BCUT2D eigenvalue weighted by Crippen LogP contribution is 2.28. The molecule has 1 saturated heterocycles. The number of morpholine rings is 1. The van der Waals surface area contributed by atoms with Crippen molar-refractivity contribution in [3.05, 3.63) is 35.9 Å². The van der Waals surface area contributed by atoms with Crippen molar-refractivity contribution in [2.75, 3.05) is 52.0 Å². The molecule has 0 saturated carbocycles. The molecular weight excluding hydrogens is 462 g/mol. The van der Waals surface area contributed by atoms with Crippen LogP contribution < -0.4 is 9.64 Å². The van der Waals surface area contributed by atoms with Crippen LogP contribution in [0.4, 0.5) is 5.82 Å². The van der Waals surface area contributed by atoms with Crippen molar-refractivity contribution >= 4 is 36.2 Å². The number of fused-ring (bicyclic) bond motifs is 1. The van der Waals surface area contributed by atoms with E-state index >= 15 is 0 Å². The first kappa shape index (κ1) is 25.1. The number of carbonyl (C=O) groups excluding carboxylic acids is 1. The molecule has 0 atom stereocenters. The molecule has 0 spiro atoms. The van der Waals surface area contributed by atoms with Crippen LogP contribution in [-0.2, 0) is 23.1 Å². The summed E-state index contributed by atoms with van der Waals surface area (Å²) in [6.45, 7) is 6.94. The van der Waals surface area contributed by atoms with Gasteiger partial charge in [-0.1, -0.05) is 0 Å². The quantitative estimate of drug-likeness (QED) is 0.236. The zero-order chi connectivity index (χ0) is 25.5. The molecule has 1 aliphatic rings. The minimum Gasteiger partial charge on any atom is -0.481 e. The van der Waals surface area contributed by atoms with Gasteiger partial charge in [-0.2, -0.15) is 0 Å². The van der Waals surface area contributed by atoms with E-state index in [0.29, 0.717) is 50.0 Å². The highest BCUT2D eigenvalue weighted by molar-refractivity contribution is 6.01. The number of aldehydes is 1. The lowest BCUT2D eigenvalue weighted by molar-refractivity contribution is -0.104. The molecule has 3 aromatic heterocycles. The Morgan fingerprint density at radius 2 is 2.08 bits per heavy atom. The molecule has 0 bridgehead atoms. The van der Waals surface area contributed by atoms with Crippen molar-refractivity contribution < 1.29 is 14.3 Å². The van der Waals surface area contributed by atoms with Crippen molar-refractivity contribution in [3.63, 3.8) is 0 Å². The number of pyridine rings is 1. The molecule has 3 aromatic rings. The van der Waals surface area contributed by atoms with Crippen molar-refractivity contribution in [1.29, 1.82) is 0 Å². The molecule has 12 heteroatoms. The Balaban J connectivity index is 1.67. The number of hydrogen-bond donors (Lipinski definition) is 0. The molecule has 1 fully saturated rings. The van der Waals surface area contributed by atoms with Crippen LogP contribution in [-0.4, -0.2) is 95.8 Å². The number of carbonyl (C=O) groups is 1. The van der Waals surface area contributed by atoms with Crippen LogP contribution in [0.25, 0.3) is 22.6 Å². The van der Waals surface area contributed by atoms with Gasteiger partial charge in [-0.15, -0.1) is 0 Å². The summed E-state index contributed by atoms with van der Waals surface area (Å²) in [6.07, 6.45) is 5.23. The molecule has 0 unspecified atom stereocenters. The number of nitrogens with zero attached hydrogens (tertiary/aromatic N) is 9. The number of allylic oxidation sites excluding steroid dienone is 1. The zero-order valence-corrected chi connectivity index (χ0v) is 20.7. The maximum absolute atomic E-state index is 11.0. The summed E-state index contributed by atoms with van der Waals surface area (Å²) in [7, 11) is 5.45. The molecule has 12 nitrogen and oxygen atoms in total. The van der Waals surface area contributed by atoms with Crippen LogP contribution in [0.2, 0.25) is 0 Å². The SMILES string of the molecule is C=N/C=C(/C=O)C=NCN(C)Cc1nc2c(N3CCOCC3)nc(-c3ccc(OC)nc3)nc2n1C. The van der Waals surface area contributed by atoms with Gasteiger partial charge < -0.3 is 18.9 Å². The molecule has 0 N–H and O–H groups in total. The Labute approximate surface area is 209 Å². The molecule has 4 heterocycles. The van der Waals surface area contributed by atoms with Crippen LogP contribution >= 0.6 is 0 Å². The summed E-state index contributed by atoms with van der Waals surface area (Å²) in [4.78, 5) is 42.0. The molecule has 188 valence electrons. The van der Waals surface area contributed by atoms with Gasteiger partial charge in [-0.3, -0.25) is 19.7 Å². The first-order valence-electron chi connectivity index (χ1n) is 11.4. The monoisotopic (exact) mass is 491 g/mol. The van der Waals surface area contributed by atoms with E-state index in [2.05, 4.69) is 26.6 Å². The third kappa shape index (κ3) is 5.61. The van der Waals surface area contributed by atoms with Crippen molar-refractivity contribution in [2.24, 2.45) is 17.0 Å². The number of hydrogen-bond acceptors (Lipinski definition) is 11. The first-order chi connectivity index (χ1) is 17.5. The summed E-state index contributed by atoms with van der Waals surface area (Å²) in [5.74, 6) is 2.68. The van der Waals surface area contributed by atoms with Gasteiger partial charge >= 0.3 is 0 Å². The summed E-state index contributed by atoms with van der Waals surface area (Å²) in [5, 5.41) is 0. The number of aryl methyl sites for hydroxylation is 1. The Bertz CT molecular complexity index is 1280. The lowest BCUT2D eigenvalue weighted by Gasteiger charge is -2.28. The Morgan fingerprint density at radius 1 is 1.28 bits per heavy atom. The summed E-state index contributed by atoms with van der Waals surface area (Å²) >= 11 is 0. The highest BCUT2D eigenvalue weighted by Gasteiger charge is 2.23. The van der Waals surface area contributed by atoms with Gasteiger partial charge in [-0.25, -0.2) is 19.9 Å². The standard InChI is InChI=1S/C24H29N9O3/c1-25-11-17(15-34)12-26-16-31(2)14-19-28-21-23(32(19)3)29-22(18-5-6-20(35-4)27-13-18)30-24(21)33-7-9-36-10-8-33/h5-6,11-13,15H,1,7-10,14,16H2,2-4H3/b17-11+,26-12?. The summed E-state index contributed by atoms with van der Waals surface area (Å²) in [6, 6.07) is 3.68. The van der Waals surface area contributed by atoms with Crippen LogP contribution in [0, 0.1) is 0 Å². The zero-order valence-electron chi connectivity index (χ0n) is 20.7. The van der Waals surface area contributed by atoms with Gasteiger partial charge in [-0.05, 0) is 19.8 Å². The number of anilines is 1. The van der Waals surface area contributed by atoms with E-state index in [4.69, 9.17) is 24.4 Å². The Hall–Kier alpha value is -4.03. The molecule has 4 rings (SSSR count). The van der Waals surface area contributed by atoms with Gasteiger partial charge in [0.1, 0.15) is 5.82 Å². The number of ether oxygens (including phenoxy) is 2. The number of aromatic nitrogens is 5. The van der Waals surface area contributed by atoms with E-state index in [1.54, 1.807) is 19.4 Å². The van der Waals surface area contributed by atoms with Gasteiger partial charge in [0.25, 0.3) is 0 Å². The first-order valence-corrected chi connectivity index (χ1v) is 11.4. The van der Waals surface area contributed by atoms with Gasteiger partial charge in [0, 0.05) is 50.4 Å². The average Bonchev–Trinajstić information content (AvgIpc) is 3.22. The second-order valence-corrected chi connectivity index (χ2v) is 8.22. The molecule has 1 aliphatic heterocycles. The minimum atomic E-state index is 0.354. The fourth-order valence-electron chi connectivity index (χ4n) is 3.77. The van der Waals surface area contributed by atoms with Crippen LogP contribution in [0.5, 0.6) is 5.88 Å². The van der Waals surface area contributed by atoms with Crippen molar-refractivity contribution in [2.45, 2.75) is 6.54 Å². The van der Waals surface area contributed by atoms with Gasteiger partial charge in [0.15, 0.2) is 29.1 Å². The largest absolute Gasteiger partial charge is 0.481 e.